The van der Waals surface area contributed by atoms with Crippen molar-refractivity contribution in [1.29, 1.82) is 0 Å². The molecule has 0 aliphatic carbocycles. The molecular weight excluding hydrogens is 194 g/mol. The highest BCUT2D eigenvalue weighted by Crippen LogP contribution is 2.15. The minimum Gasteiger partial charge on any atom is -0.480 e. The molecule has 0 aliphatic heterocycles. The molecule has 1 atom stereocenters. The maximum Gasteiger partial charge on any atom is 0.177 e. The number of ether oxygens (including phenoxy) is 2. The molecule has 0 radical (unpaired) electrons. The van der Waals surface area contributed by atoms with Gasteiger partial charge in [0.2, 0.25) is 0 Å². The van der Waals surface area contributed by atoms with Gasteiger partial charge >= 0.3 is 0 Å². The van der Waals surface area contributed by atoms with Crippen LogP contribution in [0.3, 0.4) is 0 Å². The molecule has 2 N–H and O–H groups in total. The van der Waals surface area contributed by atoms with Crippen LogP contribution in [-0.4, -0.2) is 25.6 Å². The number of nitrogen functional groups attached to an aromatic ring is 1. The number of benzene rings is 1. The number of hydrogen-bond donors (Lipinski definition) is 1. The molecule has 0 bridgehead atoms. The zero-order valence-electron chi connectivity index (χ0n) is 8.68. The zero-order chi connectivity index (χ0) is 11.1. The van der Waals surface area contributed by atoms with Gasteiger partial charge in [-0.1, -0.05) is 6.07 Å². The number of hydrogen-bond acceptors (Lipinski definition) is 4. The van der Waals surface area contributed by atoms with E-state index in [4.69, 9.17) is 15.2 Å². The maximum absolute atomic E-state index is 10.7. The second-order valence-electron chi connectivity index (χ2n) is 3.02. The van der Waals surface area contributed by atoms with E-state index < -0.39 is 6.10 Å². The molecule has 0 saturated heterocycles. The van der Waals surface area contributed by atoms with Crippen LogP contribution in [0.1, 0.15) is 6.92 Å². The van der Waals surface area contributed by atoms with Crippen LogP contribution in [0, 0.1) is 0 Å². The van der Waals surface area contributed by atoms with E-state index in [0.717, 1.165) is 6.29 Å². The van der Waals surface area contributed by atoms with Gasteiger partial charge in [0, 0.05) is 18.4 Å². The van der Waals surface area contributed by atoms with Crippen molar-refractivity contribution in [2.24, 2.45) is 0 Å². The normalized spacial score (nSPS) is 12.1. The summed E-state index contributed by atoms with van der Waals surface area (Å²) in [5.41, 5.74) is 6.18. The number of nitrogens with two attached hydrogens (primary N) is 1. The van der Waals surface area contributed by atoms with Gasteiger partial charge in [-0.15, -0.1) is 0 Å². The lowest BCUT2D eigenvalue weighted by Crippen LogP contribution is -2.24. The molecule has 1 aromatic rings. The van der Waals surface area contributed by atoms with Crippen molar-refractivity contribution in [2.45, 2.75) is 13.0 Å². The molecule has 0 aromatic heterocycles. The number of carbonyl (C=O) groups is 1. The topological polar surface area (TPSA) is 61.5 Å². The van der Waals surface area contributed by atoms with Gasteiger partial charge in [0.05, 0.1) is 6.61 Å². The van der Waals surface area contributed by atoms with Gasteiger partial charge in [-0.05, 0) is 19.1 Å². The fourth-order valence-corrected chi connectivity index (χ4v) is 1.10. The van der Waals surface area contributed by atoms with Crippen LogP contribution in [0.25, 0.3) is 0 Å². The fraction of sp³-hybridized carbons (Fsp3) is 0.364. The molecule has 15 heavy (non-hydrogen) atoms. The van der Waals surface area contributed by atoms with Crippen LogP contribution in [-0.2, 0) is 9.53 Å². The molecule has 82 valence electrons. The lowest BCUT2D eigenvalue weighted by Gasteiger charge is -2.13. The maximum atomic E-state index is 10.7. The highest BCUT2D eigenvalue weighted by molar-refractivity contribution is 5.57. The molecule has 0 aliphatic rings. The van der Waals surface area contributed by atoms with Crippen molar-refractivity contribution in [2.75, 3.05) is 18.9 Å². The van der Waals surface area contributed by atoms with E-state index in [-0.39, 0.29) is 6.61 Å². The summed E-state index contributed by atoms with van der Waals surface area (Å²) in [5, 5.41) is 0. The van der Waals surface area contributed by atoms with E-state index >= 15 is 0 Å². The summed E-state index contributed by atoms with van der Waals surface area (Å²) in [5.74, 6) is 0.576. The highest BCUT2D eigenvalue weighted by Gasteiger charge is 2.08. The Morgan fingerprint density at radius 3 is 2.93 bits per heavy atom. The zero-order valence-corrected chi connectivity index (χ0v) is 8.68. The number of rotatable bonds is 6. The molecule has 4 nitrogen and oxygen atoms in total. The Balaban J connectivity index is 2.54. The van der Waals surface area contributed by atoms with Gasteiger partial charge in [-0.25, -0.2) is 0 Å². The van der Waals surface area contributed by atoms with Crippen LogP contribution in [0.2, 0.25) is 0 Å². The summed E-state index contributed by atoms with van der Waals surface area (Å²) in [6, 6.07) is 6.94. The summed E-state index contributed by atoms with van der Waals surface area (Å²) in [7, 11) is 0. The van der Waals surface area contributed by atoms with E-state index in [1.54, 1.807) is 24.3 Å². The first-order valence-corrected chi connectivity index (χ1v) is 4.81. The molecule has 0 saturated carbocycles. The molecule has 1 aromatic carbocycles. The Bertz CT molecular complexity index is 314. The minimum atomic E-state index is -0.577. The second-order valence-corrected chi connectivity index (χ2v) is 3.02. The van der Waals surface area contributed by atoms with Crippen LogP contribution in [0.15, 0.2) is 24.3 Å². The molecule has 1 unspecified atom stereocenters. The summed E-state index contributed by atoms with van der Waals surface area (Å²) in [6.45, 7) is 2.68. The molecule has 0 fully saturated rings. The predicted octanol–water partition coefficient (Wildman–Crippen LogP) is 1.25. The molecule has 0 spiro atoms. The third kappa shape index (κ3) is 3.99. The van der Waals surface area contributed by atoms with Gasteiger partial charge in [-0.3, -0.25) is 4.79 Å². The first kappa shape index (κ1) is 11.5. The summed E-state index contributed by atoms with van der Waals surface area (Å²) in [4.78, 5) is 10.7. The van der Waals surface area contributed by atoms with Crippen LogP contribution in [0.5, 0.6) is 5.75 Å². The molecule has 1 rings (SSSR count). The molecular formula is C11H15NO3. The number of aldehydes is 1. The quantitative estimate of drug-likeness (QED) is 0.565. The Hall–Kier alpha value is -1.55. The first-order valence-electron chi connectivity index (χ1n) is 4.81. The van der Waals surface area contributed by atoms with E-state index in [0.29, 0.717) is 18.0 Å². The van der Waals surface area contributed by atoms with Crippen molar-refractivity contribution in [3.05, 3.63) is 24.3 Å². The van der Waals surface area contributed by atoms with Crippen molar-refractivity contribution in [3.63, 3.8) is 0 Å². The Kier molecular flexibility index (Phi) is 4.63. The van der Waals surface area contributed by atoms with Gasteiger partial charge in [-0.2, -0.15) is 0 Å². The van der Waals surface area contributed by atoms with Crippen LogP contribution < -0.4 is 10.5 Å². The first-order chi connectivity index (χ1) is 7.26. The number of anilines is 1. The SMILES string of the molecule is CCOCC(C=O)Oc1cccc(N)c1. The Labute approximate surface area is 89.0 Å². The number of carbonyl (C=O) groups excluding carboxylic acids is 1. The standard InChI is InChI=1S/C11H15NO3/c1-2-14-8-11(7-13)15-10-5-3-4-9(12)6-10/h3-7,11H,2,8,12H2,1H3. The van der Waals surface area contributed by atoms with Gasteiger partial charge < -0.3 is 15.2 Å². The smallest absolute Gasteiger partial charge is 0.177 e. The van der Waals surface area contributed by atoms with Gasteiger partial charge in [0.1, 0.15) is 5.75 Å². The highest BCUT2D eigenvalue weighted by atomic mass is 16.5. The van der Waals surface area contributed by atoms with Crippen LogP contribution >= 0.6 is 0 Å². The van der Waals surface area contributed by atoms with Crippen molar-refractivity contribution in [3.8, 4) is 5.75 Å². The lowest BCUT2D eigenvalue weighted by atomic mass is 10.3. The van der Waals surface area contributed by atoms with Crippen molar-refractivity contribution < 1.29 is 14.3 Å². The predicted molar refractivity (Wildman–Crippen MR) is 57.8 cm³/mol. The third-order valence-corrected chi connectivity index (χ3v) is 1.78. The monoisotopic (exact) mass is 209 g/mol. The lowest BCUT2D eigenvalue weighted by molar-refractivity contribution is -0.116. The van der Waals surface area contributed by atoms with Crippen molar-refractivity contribution in [1.82, 2.24) is 0 Å². The molecule has 4 heteroatoms. The average molecular weight is 209 g/mol. The van der Waals surface area contributed by atoms with E-state index in [9.17, 15) is 4.79 Å². The largest absolute Gasteiger partial charge is 0.480 e. The third-order valence-electron chi connectivity index (χ3n) is 1.78. The van der Waals surface area contributed by atoms with E-state index in [1.807, 2.05) is 6.92 Å². The Morgan fingerprint density at radius 2 is 2.33 bits per heavy atom. The second kappa shape index (κ2) is 6.03. The summed E-state index contributed by atoms with van der Waals surface area (Å²) >= 11 is 0. The summed E-state index contributed by atoms with van der Waals surface area (Å²) in [6.07, 6.45) is 0.144. The summed E-state index contributed by atoms with van der Waals surface area (Å²) < 4.78 is 10.5. The van der Waals surface area contributed by atoms with E-state index in [1.165, 1.54) is 0 Å². The van der Waals surface area contributed by atoms with Crippen molar-refractivity contribution >= 4 is 12.0 Å². The van der Waals surface area contributed by atoms with Gasteiger partial charge in [0.15, 0.2) is 12.4 Å². The van der Waals surface area contributed by atoms with Gasteiger partial charge in [0.25, 0.3) is 0 Å². The minimum absolute atomic E-state index is 0.259. The average Bonchev–Trinajstić information content (AvgIpc) is 2.24. The molecule has 0 amide bonds. The Morgan fingerprint density at radius 1 is 1.53 bits per heavy atom. The van der Waals surface area contributed by atoms with Crippen LogP contribution in [0.4, 0.5) is 5.69 Å². The van der Waals surface area contributed by atoms with E-state index in [2.05, 4.69) is 0 Å². The molecule has 0 heterocycles. The fourth-order valence-electron chi connectivity index (χ4n) is 1.10.